The van der Waals surface area contributed by atoms with Gasteiger partial charge in [-0.25, -0.2) is 0 Å². The van der Waals surface area contributed by atoms with Crippen LogP contribution in [-0.2, 0) is 17.2 Å². The van der Waals surface area contributed by atoms with Crippen LogP contribution in [0, 0.1) is 0 Å². The topological polar surface area (TPSA) is 12.4 Å². The third-order valence-electron chi connectivity index (χ3n) is 2.13. The van der Waals surface area contributed by atoms with Crippen molar-refractivity contribution < 1.29 is 17.2 Å². The summed E-state index contributed by atoms with van der Waals surface area (Å²) in [6.07, 6.45) is 7.43. The van der Waals surface area contributed by atoms with Gasteiger partial charge in [-0.1, -0.05) is 0 Å². The van der Waals surface area contributed by atoms with Gasteiger partial charge in [0.2, 0.25) is 0 Å². The van der Waals surface area contributed by atoms with Gasteiger partial charge >= 0.3 is 86.8 Å². The van der Waals surface area contributed by atoms with Crippen LogP contribution in [0.4, 0.5) is 5.69 Å². The molecule has 1 nitrogen and oxygen atoms in total. The summed E-state index contributed by atoms with van der Waals surface area (Å²) in [5.74, 6) is 0. The number of hydrogen-bond acceptors (Lipinski definition) is 1. The zero-order valence-corrected chi connectivity index (χ0v) is 8.54. The standard InChI is InChI=1S/C11H9N.V/c12-11-8-4-3-7-10(11)9-5-1-2-6-9;/h1-5,7-8H,6H2;/q;+2. The van der Waals surface area contributed by atoms with E-state index in [1.165, 1.54) is 11.1 Å². The Balaban J connectivity index is 2.44. The van der Waals surface area contributed by atoms with Crippen molar-refractivity contribution in [2.75, 3.05) is 0 Å². The molecule has 1 aliphatic rings. The van der Waals surface area contributed by atoms with Crippen molar-refractivity contribution in [1.82, 2.24) is 0 Å². The molecule has 0 fully saturated rings. The van der Waals surface area contributed by atoms with Crippen molar-refractivity contribution in [3.05, 3.63) is 48.1 Å². The molecule has 2 rings (SSSR count). The van der Waals surface area contributed by atoms with Gasteiger partial charge in [0.1, 0.15) is 0 Å². The van der Waals surface area contributed by atoms with Crippen molar-refractivity contribution in [1.29, 1.82) is 0 Å². The molecular formula is C11H9NV+2. The van der Waals surface area contributed by atoms with Crippen LogP contribution in [0.1, 0.15) is 12.0 Å². The van der Waals surface area contributed by atoms with E-state index in [2.05, 4.69) is 51.4 Å². The fraction of sp³-hybridized carbons (Fsp3) is 0.0909. The van der Waals surface area contributed by atoms with E-state index in [0.717, 1.165) is 12.1 Å². The van der Waals surface area contributed by atoms with E-state index in [9.17, 15) is 0 Å². The second-order valence-electron chi connectivity index (χ2n) is 2.94. The Kier molecular flexibility index (Phi) is 2.58. The summed E-state index contributed by atoms with van der Waals surface area (Å²) >= 11 is 2.27. The Morgan fingerprint density at radius 2 is 2.08 bits per heavy atom. The minimum absolute atomic E-state index is 1.03. The zero-order valence-electron chi connectivity index (χ0n) is 7.14. The summed E-state index contributed by atoms with van der Waals surface area (Å²) in [5.41, 5.74) is 3.65. The molecule has 1 aliphatic carbocycles. The second-order valence-corrected chi connectivity index (χ2v) is 3.25. The van der Waals surface area contributed by atoms with Crippen LogP contribution in [0.25, 0.3) is 5.57 Å². The molecule has 0 atom stereocenters. The van der Waals surface area contributed by atoms with E-state index in [4.69, 9.17) is 0 Å². The van der Waals surface area contributed by atoms with Crippen molar-refractivity contribution in [2.24, 2.45) is 3.79 Å². The number of allylic oxidation sites excluding steroid dienone is 4. The van der Waals surface area contributed by atoms with Crippen LogP contribution in [0.15, 0.2) is 46.3 Å². The summed E-state index contributed by atoms with van der Waals surface area (Å²) < 4.78 is 4.18. The molecule has 0 aromatic heterocycles. The van der Waals surface area contributed by atoms with Crippen LogP contribution in [0.2, 0.25) is 0 Å². The molecule has 13 heavy (non-hydrogen) atoms. The normalized spacial score (nSPS) is 14.5. The van der Waals surface area contributed by atoms with Crippen LogP contribution in [0.5, 0.6) is 0 Å². The van der Waals surface area contributed by atoms with Crippen LogP contribution in [-0.4, -0.2) is 0 Å². The summed E-state index contributed by atoms with van der Waals surface area (Å²) in [6.45, 7) is 0. The quantitative estimate of drug-likeness (QED) is 0.703. The van der Waals surface area contributed by atoms with Gasteiger partial charge < -0.3 is 0 Å². The van der Waals surface area contributed by atoms with Crippen molar-refractivity contribution >= 4 is 11.3 Å². The van der Waals surface area contributed by atoms with Gasteiger partial charge in [-0.2, -0.15) is 0 Å². The molecular weight excluding hydrogens is 197 g/mol. The summed E-state index contributed by atoms with van der Waals surface area (Å²) in [4.78, 5) is 0. The molecule has 0 amide bonds. The third-order valence-corrected chi connectivity index (χ3v) is 2.47. The molecule has 1 aromatic carbocycles. The summed E-state index contributed by atoms with van der Waals surface area (Å²) in [5, 5.41) is 0. The van der Waals surface area contributed by atoms with E-state index >= 15 is 0 Å². The molecule has 0 saturated carbocycles. The first kappa shape index (κ1) is 8.67. The number of hydrogen-bond donors (Lipinski definition) is 0. The average Bonchev–Trinajstić information content (AvgIpc) is 2.70. The van der Waals surface area contributed by atoms with Crippen LogP contribution >= 0.6 is 0 Å². The molecule has 0 saturated heterocycles. The Hall–Kier alpha value is -0.916. The Morgan fingerprint density at radius 1 is 1.23 bits per heavy atom. The summed E-state index contributed by atoms with van der Waals surface area (Å²) in [7, 11) is 0. The maximum atomic E-state index is 4.18. The van der Waals surface area contributed by atoms with Gasteiger partial charge in [0, 0.05) is 0 Å². The first-order valence-electron chi connectivity index (χ1n) is 4.22. The molecule has 0 spiro atoms. The van der Waals surface area contributed by atoms with E-state index in [0.29, 0.717) is 0 Å². The molecule has 0 N–H and O–H groups in total. The fourth-order valence-corrected chi connectivity index (χ4v) is 1.75. The fourth-order valence-electron chi connectivity index (χ4n) is 1.48. The third kappa shape index (κ3) is 1.72. The molecule has 0 aliphatic heterocycles. The van der Waals surface area contributed by atoms with E-state index in [1.54, 1.807) is 0 Å². The van der Waals surface area contributed by atoms with Gasteiger partial charge in [0.25, 0.3) is 0 Å². The molecule has 0 unspecified atom stereocenters. The SMILES string of the molecule is [V+2]=[N]c1ccccc1C1=CC=CC1. The van der Waals surface area contributed by atoms with Crippen LogP contribution < -0.4 is 0 Å². The van der Waals surface area contributed by atoms with Gasteiger partial charge in [0.05, 0.1) is 0 Å². The van der Waals surface area contributed by atoms with E-state index < -0.39 is 0 Å². The summed E-state index contributed by atoms with van der Waals surface area (Å²) in [6, 6.07) is 8.21. The molecule has 0 bridgehead atoms. The molecule has 0 heterocycles. The van der Waals surface area contributed by atoms with E-state index in [1.807, 2.05) is 12.1 Å². The number of rotatable bonds is 2. The van der Waals surface area contributed by atoms with Crippen LogP contribution in [0.3, 0.4) is 0 Å². The van der Waals surface area contributed by atoms with Gasteiger partial charge in [-0.3, -0.25) is 0 Å². The predicted octanol–water partition coefficient (Wildman–Crippen LogP) is 3.39. The Morgan fingerprint density at radius 3 is 2.77 bits per heavy atom. The first-order valence-corrected chi connectivity index (χ1v) is 4.84. The van der Waals surface area contributed by atoms with Crippen molar-refractivity contribution in [2.45, 2.75) is 6.42 Å². The molecule has 0 radical (unpaired) electrons. The average molecular weight is 206 g/mol. The van der Waals surface area contributed by atoms with Gasteiger partial charge in [-0.15, -0.1) is 0 Å². The Bertz CT molecular complexity index is 391. The van der Waals surface area contributed by atoms with Crippen molar-refractivity contribution in [3.63, 3.8) is 0 Å². The predicted molar refractivity (Wildman–Crippen MR) is 50.3 cm³/mol. The van der Waals surface area contributed by atoms with E-state index in [-0.39, 0.29) is 0 Å². The second kappa shape index (κ2) is 3.86. The molecule has 2 heteroatoms. The molecule has 1 aromatic rings. The van der Waals surface area contributed by atoms with Gasteiger partial charge in [0.15, 0.2) is 0 Å². The van der Waals surface area contributed by atoms with Crippen molar-refractivity contribution in [3.8, 4) is 0 Å². The first-order chi connectivity index (χ1) is 6.42. The monoisotopic (exact) mass is 206 g/mol. The maximum absolute atomic E-state index is 4.18. The van der Waals surface area contributed by atoms with Gasteiger partial charge in [-0.05, 0) is 0 Å². The zero-order chi connectivity index (χ0) is 9.10. The number of benzene rings is 1. The molecule has 61 valence electrons. The Labute approximate surface area is 87.0 Å². The number of nitrogens with zero attached hydrogens (tertiary/aromatic N) is 1. The minimum atomic E-state index is 1.03.